The third-order valence-corrected chi connectivity index (χ3v) is 4.19. The highest BCUT2D eigenvalue weighted by molar-refractivity contribution is 5.96. The Kier molecular flexibility index (Phi) is 4.13. The number of ether oxygens (including phenoxy) is 1. The van der Waals surface area contributed by atoms with Crippen molar-refractivity contribution >= 4 is 17.3 Å². The van der Waals surface area contributed by atoms with Crippen LogP contribution < -0.4 is 10.6 Å². The number of nitrogen functional groups attached to an aromatic ring is 1. The number of carbonyl (C=O) groups excluding carboxylic acids is 1. The van der Waals surface area contributed by atoms with E-state index in [2.05, 4.69) is 0 Å². The largest absolute Gasteiger partial charge is 0.464 e. The topological polar surface area (TPSA) is 84.3 Å². The van der Waals surface area contributed by atoms with Crippen LogP contribution in [0, 0.1) is 17.1 Å². The van der Waals surface area contributed by atoms with Crippen LogP contribution in [0.4, 0.5) is 15.8 Å². The summed E-state index contributed by atoms with van der Waals surface area (Å²) in [5, 5.41) is 9.21. The summed E-state index contributed by atoms with van der Waals surface area (Å²) in [6.45, 7) is 1.48. The number of esters is 1. The predicted octanol–water partition coefficient (Wildman–Crippen LogP) is 2.46. The third-order valence-electron chi connectivity index (χ3n) is 4.19. The first kappa shape index (κ1) is 15.9. The first-order valence-corrected chi connectivity index (χ1v) is 7.61. The molecule has 124 valence electrons. The molecule has 1 aromatic heterocycles. The SMILES string of the molecule is COC(=O)c1c(N)c(C#N)cn1-c1cccc(F)c1N1CCCC1. The predicted molar refractivity (Wildman–Crippen MR) is 87.6 cm³/mol. The van der Waals surface area contributed by atoms with Crippen LogP contribution >= 0.6 is 0 Å². The van der Waals surface area contributed by atoms with Gasteiger partial charge in [0, 0.05) is 19.3 Å². The summed E-state index contributed by atoms with van der Waals surface area (Å²) in [6.07, 6.45) is 3.40. The lowest BCUT2D eigenvalue weighted by atomic mass is 10.2. The van der Waals surface area contributed by atoms with Gasteiger partial charge in [-0.3, -0.25) is 0 Å². The molecule has 1 aromatic carbocycles. The number of hydrogen-bond donors (Lipinski definition) is 1. The molecule has 2 aromatic rings. The van der Waals surface area contributed by atoms with Crippen molar-refractivity contribution in [3.8, 4) is 11.8 Å². The number of halogens is 1. The minimum Gasteiger partial charge on any atom is -0.464 e. The molecule has 0 atom stereocenters. The summed E-state index contributed by atoms with van der Waals surface area (Å²) in [5.41, 5.74) is 6.99. The fourth-order valence-corrected chi connectivity index (χ4v) is 3.06. The molecule has 0 amide bonds. The van der Waals surface area contributed by atoms with Crippen LogP contribution in [0.3, 0.4) is 0 Å². The number of rotatable bonds is 3. The van der Waals surface area contributed by atoms with Crippen LogP contribution in [0.2, 0.25) is 0 Å². The molecule has 6 nitrogen and oxygen atoms in total. The van der Waals surface area contributed by atoms with Gasteiger partial charge in [-0.15, -0.1) is 0 Å². The van der Waals surface area contributed by atoms with Gasteiger partial charge >= 0.3 is 5.97 Å². The van der Waals surface area contributed by atoms with Crippen LogP contribution in [-0.4, -0.2) is 30.7 Å². The maximum atomic E-state index is 14.5. The van der Waals surface area contributed by atoms with Crippen molar-refractivity contribution in [2.45, 2.75) is 12.8 Å². The van der Waals surface area contributed by atoms with E-state index in [1.807, 2.05) is 11.0 Å². The second-order valence-corrected chi connectivity index (χ2v) is 5.58. The molecular formula is C17H17FN4O2. The van der Waals surface area contributed by atoms with Crippen LogP contribution in [0.1, 0.15) is 28.9 Å². The number of carbonyl (C=O) groups is 1. The minimum atomic E-state index is -0.675. The lowest BCUT2D eigenvalue weighted by Gasteiger charge is -2.23. The fraction of sp³-hybridized carbons (Fsp3) is 0.294. The van der Waals surface area contributed by atoms with Gasteiger partial charge in [-0.1, -0.05) is 6.07 Å². The number of aromatic nitrogens is 1. The van der Waals surface area contributed by atoms with Gasteiger partial charge in [-0.2, -0.15) is 5.26 Å². The van der Waals surface area contributed by atoms with E-state index in [0.29, 0.717) is 11.4 Å². The number of nitriles is 1. The van der Waals surface area contributed by atoms with E-state index in [1.54, 1.807) is 12.1 Å². The summed E-state index contributed by atoms with van der Waals surface area (Å²) in [6, 6.07) is 6.59. The van der Waals surface area contributed by atoms with E-state index >= 15 is 0 Å². The molecule has 2 heterocycles. The van der Waals surface area contributed by atoms with Gasteiger partial charge < -0.3 is 19.9 Å². The normalized spacial score (nSPS) is 13.8. The van der Waals surface area contributed by atoms with Crippen molar-refractivity contribution in [2.24, 2.45) is 0 Å². The average molecular weight is 328 g/mol. The lowest BCUT2D eigenvalue weighted by molar-refractivity contribution is 0.0593. The van der Waals surface area contributed by atoms with Crippen LogP contribution in [0.5, 0.6) is 0 Å². The summed E-state index contributed by atoms with van der Waals surface area (Å²) in [7, 11) is 1.23. The zero-order valence-corrected chi connectivity index (χ0v) is 13.3. The van der Waals surface area contributed by atoms with E-state index < -0.39 is 5.97 Å². The molecule has 1 fully saturated rings. The Balaban J connectivity index is 2.25. The second-order valence-electron chi connectivity index (χ2n) is 5.58. The van der Waals surface area contributed by atoms with Gasteiger partial charge in [0.25, 0.3) is 0 Å². The number of benzene rings is 1. The van der Waals surface area contributed by atoms with Crippen molar-refractivity contribution in [1.29, 1.82) is 5.26 Å². The Morgan fingerprint density at radius 3 is 2.71 bits per heavy atom. The Morgan fingerprint density at radius 1 is 1.38 bits per heavy atom. The molecule has 0 radical (unpaired) electrons. The quantitative estimate of drug-likeness (QED) is 0.875. The van der Waals surface area contributed by atoms with E-state index in [1.165, 1.54) is 23.9 Å². The summed E-state index contributed by atoms with van der Waals surface area (Å²) in [5.74, 6) is -1.05. The van der Waals surface area contributed by atoms with Crippen molar-refractivity contribution < 1.29 is 13.9 Å². The zero-order valence-electron chi connectivity index (χ0n) is 13.3. The van der Waals surface area contributed by atoms with Gasteiger partial charge in [0.15, 0.2) is 5.69 Å². The highest BCUT2D eigenvalue weighted by Gasteiger charge is 2.26. The van der Waals surface area contributed by atoms with Crippen LogP contribution in [0.25, 0.3) is 5.69 Å². The molecule has 0 bridgehead atoms. The van der Waals surface area contributed by atoms with Gasteiger partial charge in [-0.25, -0.2) is 9.18 Å². The van der Waals surface area contributed by atoms with Gasteiger partial charge in [0.2, 0.25) is 0 Å². The molecule has 0 aliphatic carbocycles. The highest BCUT2D eigenvalue weighted by Crippen LogP contribution is 2.34. The number of nitrogens with zero attached hydrogens (tertiary/aromatic N) is 3. The van der Waals surface area contributed by atoms with Crippen molar-refractivity contribution in [1.82, 2.24) is 4.57 Å². The number of nitrogens with two attached hydrogens (primary N) is 1. The first-order valence-electron chi connectivity index (χ1n) is 7.61. The molecule has 7 heteroatoms. The molecule has 1 saturated heterocycles. The first-order chi connectivity index (χ1) is 11.6. The fourth-order valence-electron chi connectivity index (χ4n) is 3.06. The summed E-state index contributed by atoms with van der Waals surface area (Å²) in [4.78, 5) is 14.1. The van der Waals surface area contributed by atoms with Crippen molar-refractivity contribution in [3.05, 3.63) is 41.5 Å². The molecule has 24 heavy (non-hydrogen) atoms. The lowest BCUT2D eigenvalue weighted by Crippen LogP contribution is -2.22. The standard InChI is InChI=1S/C17H17FN4O2/c1-24-17(23)16-14(20)11(9-19)10-22(16)13-6-4-5-12(18)15(13)21-7-2-3-8-21/h4-6,10H,2-3,7-8,20H2,1H3. The number of hydrogen-bond acceptors (Lipinski definition) is 5. The Hall–Kier alpha value is -3.01. The number of anilines is 2. The molecule has 0 spiro atoms. The Labute approximate surface area is 138 Å². The van der Waals surface area contributed by atoms with Crippen LogP contribution in [0.15, 0.2) is 24.4 Å². The van der Waals surface area contributed by atoms with Gasteiger partial charge in [-0.05, 0) is 25.0 Å². The summed E-state index contributed by atoms with van der Waals surface area (Å²) < 4.78 is 20.7. The molecule has 1 aliphatic rings. The maximum absolute atomic E-state index is 14.5. The van der Waals surface area contributed by atoms with E-state index in [0.717, 1.165) is 25.9 Å². The smallest absolute Gasteiger partial charge is 0.357 e. The van der Waals surface area contributed by atoms with Gasteiger partial charge in [0.1, 0.15) is 11.9 Å². The molecule has 2 N–H and O–H groups in total. The number of methoxy groups -OCH3 is 1. The van der Waals surface area contributed by atoms with Crippen molar-refractivity contribution in [2.75, 3.05) is 30.8 Å². The second kappa shape index (κ2) is 6.24. The summed E-state index contributed by atoms with van der Waals surface area (Å²) >= 11 is 0. The minimum absolute atomic E-state index is 0.0279. The monoisotopic (exact) mass is 328 g/mol. The number of para-hydroxylation sites is 1. The molecular weight excluding hydrogens is 311 g/mol. The Morgan fingerprint density at radius 2 is 2.08 bits per heavy atom. The molecule has 0 unspecified atom stereocenters. The van der Waals surface area contributed by atoms with E-state index in [-0.39, 0.29) is 22.8 Å². The average Bonchev–Trinajstić information content (AvgIpc) is 3.21. The maximum Gasteiger partial charge on any atom is 0.357 e. The van der Waals surface area contributed by atoms with E-state index in [9.17, 15) is 14.4 Å². The molecule has 3 rings (SSSR count). The van der Waals surface area contributed by atoms with Crippen molar-refractivity contribution in [3.63, 3.8) is 0 Å². The Bertz CT molecular complexity index is 832. The third kappa shape index (κ3) is 2.46. The molecule has 0 saturated carbocycles. The zero-order chi connectivity index (χ0) is 17.3. The van der Waals surface area contributed by atoms with Crippen LogP contribution in [-0.2, 0) is 4.74 Å². The highest BCUT2D eigenvalue weighted by atomic mass is 19.1. The molecule has 1 aliphatic heterocycles. The van der Waals surface area contributed by atoms with E-state index in [4.69, 9.17) is 10.5 Å². The van der Waals surface area contributed by atoms with Gasteiger partial charge in [0.05, 0.1) is 29.7 Å².